The van der Waals surface area contributed by atoms with Crippen LogP contribution < -0.4 is 11.2 Å². The quantitative estimate of drug-likeness (QED) is 0.550. The number of carboxylic acids is 1. The van der Waals surface area contributed by atoms with E-state index in [9.17, 15) is 4.79 Å². The third-order valence-corrected chi connectivity index (χ3v) is 2.39. The highest BCUT2D eigenvalue weighted by Gasteiger charge is 2.47. The summed E-state index contributed by atoms with van der Waals surface area (Å²) in [5, 5.41) is 10.2. The first-order chi connectivity index (χ1) is 6.55. The summed E-state index contributed by atoms with van der Waals surface area (Å²) in [7, 11) is 0. The number of nitrogens with one attached hydrogen (secondary N) is 1. The molecule has 1 atom stereocenters. The number of nitrogens with zero attached hydrogens (tertiary/aromatic N) is 2. The SMILES string of the molecule is NC1(C(=O)O)NN2C=CC=NC2=C1Cl. The van der Waals surface area contributed by atoms with Gasteiger partial charge in [0.05, 0.1) is 0 Å². The molecular formula is C7H7ClN4O2. The highest BCUT2D eigenvalue weighted by Crippen LogP contribution is 2.31. The van der Waals surface area contributed by atoms with E-state index in [2.05, 4.69) is 10.4 Å². The van der Waals surface area contributed by atoms with Crippen molar-refractivity contribution in [1.82, 2.24) is 10.4 Å². The Bertz CT molecular complexity index is 389. The van der Waals surface area contributed by atoms with E-state index in [1.807, 2.05) is 0 Å². The summed E-state index contributed by atoms with van der Waals surface area (Å²) in [6, 6.07) is 0. The molecule has 0 radical (unpaired) electrons. The number of carboxylic acid groups (broad SMARTS) is 1. The number of hydrogen-bond acceptors (Lipinski definition) is 5. The van der Waals surface area contributed by atoms with Gasteiger partial charge in [0.25, 0.3) is 0 Å². The number of fused-ring (bicyclic) bond motifs is 1. The molecular weight excluding hydrogens is 208 g/mol. The molecule has 0 spiro atoms. The molecule has 74 valence electrons. The number of halogens is 1. The van der Waals surface area contributed by atoms with E-state index < -0.39 is 11.6 Å². The monoisotopic (exact) mass is 214 g/mol. The van der Waals surface area contributed by atoms with Gasteiger partial charge in [-0.25, -0.2) is 9.79 Å². The zero-order valence-electron chi connectivity index (χ0n) is 6.94. The predicted molar refractivity (Wildman–Crippen MR) is 50.0 cm³/mol. The number of aliphatic carboxylic acids is 1. The van der Waals surface area contributed by atoms with Gasteiger partial charge in [0.15, 0.2) is 5.82 Å². The zero-order chi connectivity index (χ0) is 10.3. The summed E-state index contributed by atoms with van der Waals surface area (Å²) in [5.41, 5.74) is 6.29. The molecule has 7 heteroatoms. The number of nitrogens with two attached hydrogens (primary N) is 1. The molecule has 0 aliphatic carbocycles. The molecule has 0 aromatic carbocycles. The number of allylic oxidation sites excluding steroid dienone is 1. The Balaban J connectivity index is 2.47. The van der Waals surface area contributed by atoms with E-state index in [-0.39, 0.29) is 5.03 Å². The summed E-state index contributed by atoms with van der Waals surface area (Å²) in [4.78, 5) is 14.8. The minimum Gasteiger partial charge on any atom is -0.479 e. The Morgan fingerprint density at radius 3 is 3.07 bits per heavy atom. The molecule has 2 aliphatic rings. The standard InChI is InChI=1S/C7H7ClN4O2/c8-4-5-10-2-1-3-12(5)11-7(4,9)6(13)14/h1-3,11H,9H2,(H,13,14). The van der Waals surface area contributed by atoms with Crippen LogP contribution in [0, 0.1) is 0 Å². The van der Waals surface area contributed by atoms with Crippen molar-refractivity contribution in [3.05, 3.63) is 23.1 Å². The molecule has 6 nitrogen and oxygen atoms in total. The van der Waals surface area contributed by atoms with Crippen LogP contribution in [0.1, 0.15) is 0 Å². The van der Waals surface area contributed by atoms with E-state index in [0.717, 1.165) is 0 Å². The van der Waals surface area contributed by atoms with Gasteiger partial charge in [0.2, 0.25) is 5.66 Å². The van der Waals surface area contributed by atoms with E-state index in [1.165, 1.54) is 11.2 Å². The third kappa shape index (κ3) is 1.05. The number of carbonyl (C=O) groups is 1. The second kappa shape index (κ2) is 2.81. The smallest absolute Gasteiger partial charge is 0.346 e. The fraction of sp³-hybridized carbons (Fsp3) is 0.143. The molecule has 2 aliphatic heterocycles. The molecule has 0 amide bonds. The van der Waals surface area contributed by atoms with Gasteiger partial charge in [-0.15, -0.1) is 0 Å². The molecule has 0 fully saturated rings. The molecule has 0 saturated heterocycles. The summed E-state index contributed by atoms with van der Waals surface area (Å²) in [6.07, 6.45) is 4.72. The Morgan fingerprint density at radius 2 is 2.50 bits per heavy atom. The second-order valence-electron chi connectivity index (χ2n) is 2.85. The first kappa shape index (κ1) is 9.20. The molecule has 0 aromatic rings. The lowest BCUT2D eigenvalue weighted by Gasteiger charge is -2.22. The molecule has 0 bridgehead atoms. The lowest BCUT2D eigenvalue weighted by Crippen LogP contribution is -2.59. The lowest BCUT2D eigenvalue weighted by molar-refractivity contribution is -0.143. The van der Waals surface area contributed by atoms with Crippen molar-refractivity contribution in [1.29, 1.82) is 0 Å². The average molecular weight is 215 g/mol. The third-order valence-electron chi connectivity index (χ3n) is 1.92. The Hall–Kier alpha value is -1.37. The number of hydrazine groups is 1. The van der Waals surface area contributed by atoms with Crippen LogP contribution >= 0.6 is 11.6 Å². The number of hydrogen-bond donors (Lipinski definition) is 3. The van der Waals surface area contributed by atoms with E-state index in [1.54, 1.807) is 12.3 Å². The maximum atomic E-state index is 10.9. The van der Waals surface area contributed by atoms with Gasteiger partial charge in [-0.05, 0) is 6.08 Å². The van der Waals surface area contributed by atoms with Crippen molar-refractivity contribution in [2.45, 2.75) is 5.66 Å². The van der Waals surface area contributed by atoms with Crippen molar-refractivity contribution in [2.24, 2.45) is 10.7 Å². The Morgan fingerprint density at radius 1 is 1.79 bits per heavy atom. The van der Waals surface area contributed by atoms with Gasteiger partial charge in [0, 0.05) is 12.4 Å². The summed E-state index contributed by atoms with van der Waals surface area (Å²) < 4.78 is 0. The van der Waals surface area contributed by atoms with Crippen LogP contribution in [0.3, 0.4) is 0 Å². The molecule has 14 heavy (non-hydrogen) atoms. The van der Waals surface area contributed by atoms with Crippen LogP contribution in [-0.2, 0) is 4.79 Å². The summed E-state index contributed by atoms with van der Waals surface area (Å²) in [6.45, 7) is 0. The first-order valence-electron chi connectivity index (χ1n) is 3.76. The van der Waals surface area contributed by atoms with Crippen molar-refractivity contribution >= 4 is 23.8 Å². The van der Waals surface area contributed by atoms with E-state index in [4.69, 9.17) is 22.4 Å². The van der Waals surface area contributed by atoms with Gasteiger partial charge in [0.1, 0.15) is 5.03 Å². The van der Waals surface area contributed by atoms with E-state index >= 15 is 0 Å². The maximum absolute atomic E-state index is 10.9. The first-order valence-corrected chi connectivity index (χ1v) is 4.14. The fourth-order valence-corrected chi connectivity index (χ4v) is 1.44. The molecule has 2 heterocycles. The molecule has 2 rings (SSSR count). The van der Waals surface area contributed by atoms with Crippen LogP contribution in [0.15, 0.2) is 28.1 Å². The summed E-state index contributed by atoms with van der Waals surface area (Å²) in [5.74, 6) is -0.952. The van der Waals surface area contributed by atoms with Gasteiger partial charge < -0.3 is 5.11 Å². The zero-order valence-corrected chi connectivity index (χ0v) is 7.69. The summed E-state index contributed by atoms with van der Waals surface area (Å²) >= 11 is 5.81. The number of aliphatic imine (C=N–C) groups is 1. The Kier molecular flexibility index (Phi) is 1.84. The van der Waals surface area contributed by atoms with Crippen molar-refractivity contribution in [3.63, 3.8) is 0 Å². The molecule has 1 unspecified atom stereocenters. The van der Waals surface area contributed by atoms with Crippen LogP contribution in [0.2, 0.25) is 0 Å². The molecule has 4 N–H and O–H groups in total. The van der Waals surface area contributed by atoms with Crippen LogP contribution in [0.4, 0.5) is 0 Å². The minimum atomic E-state index is -1.79. The van der Waals surface area contributed by atoms with Crippen molar-refractivity contribution in [2.75, 3.05) is 0 Å². The predicted octanol–water partition coefficient (Wildman–Crippen LogP) is -0.448. The van der Waals surface area contributed by atoms with Gasteiger partial charge in [-0.1, -0.05) is 11.6 Å². The minimum absolute atomic E-state index is 0.0365. The number of rotatable bonds is 1. The maximum Gasteiger partial charge on any atom is 0.346 e. The Labute approximate surface area is 84.3 Å². The van der Waals surface area contributed by atoms with Crippen LogP contribution in [0.25, 0.3) is 0 Å². The van der Waals surface area contributed by atoms with Gasteiger partial charge >= 0.3 is 5.97 Å². The van der Waals surface area contributed by atoms with Gasteiger partial charge in [-0.3, -0.25) is 10.7 Å². The highest BCUT2D eigenvalue weighted by molar-refractivity contribution is 6.33. The lowest BCUT2D eigenvalue weighted by atomic mass is 10.2. The normalized spacial score (nSPS) is 29.7. The van der Waals surface area contributed by atoms with Crippen LogP contribution in [0.5, 0.6) is 0 Å². The fourth-order valence-electron chi connectivity index (χ4n) is 1.18. The average Bonchev–Trinajstić information content (AvgIpc) is 2.42. The van der Waals surface area contributed by atoms with E-state index in [0.29, 0.717) is 5.82 Å². The highest BCUT2D eigenvalue weighted by atomic mass is 35.5. The van der Waals surface area contributed by atoms with Gasteiger partial charge in [-0.2, -0.15) is 5.43 Å². The van der Waals surface area contributed by atoms with Crippen molar-refractivity contribution in [3.8, 4) is 0 Å². The largest absolute Gasteiger partial charge is 0.479 e. The second-order valence-corrected chi connectivity index (χ2v) is 3.23. The topological polar surface area (TPSA) is 91.0 Å². The molecule has 0 saturated carbocycles. The van der Waals surface area contributed by atoms with Crippen molar-refractivity contribution < 1.29 is 9.90 Å². The molecule has 0 aromatic heterocycles. The van der Waals surface area contributed by atoms with Crippen LogP contribution in [-0.4, -0.2) is 28.0 Å².